The Morgan fingerprint density at radius 3 is 2.77 bits per heavy atom. The highest BCUT2D eigenvalue weighted by Crippen LogP contribution is 2.26. The van der Waals surface area contributed by atoms with Crippen molar-refractivity contribution in [2.45, 2.75) is 5.03 Å². The van der Waals surface area contributed by atoms with Gasteiger partial charge in [0.15, 0.2) is 0 Å². The predicted molar refractivity (Wildman–Crippen MR) is 90.3 cm³/mol. The van der Waals surface area contributed by atoms with Crippen LogP contribution in [0.5, 0.6) is 0 Å². The Balaban J connectivity index is 1.70. The van der Waals surface area contributed by atoms with Gasteiger partial charge in [-0.3, -0.25) is 4.79 Å². The molecule has 0 spiro atoms. The molecule has 0 aliphatic heterocycles. The molecule has 0 saturated heterocycles. The maximum Gasteiger partial charge on any atom is 0.234 e. The zero-order chi connectivity index (χ0) is 15.4. The zero-order valence-electron chi connectivity index (χ0n) is 11.5. The number of fused-ring (bicyclic) bond motifs is 1. The van der Waals surface area contributed by atoms with E-state index in [-0.39, 0.29) is 11.7 Å². The van der Waals surface area contributed by atoms with Gasteiger partial charge in [0.1, 0.15) is 11.4 Å². The number of benzene rings is 2. The highest BCUT2D eigenvalue weighted by Gasteiger charge is 2.08. The van der Waals surface area contributed by atoms with Crippen LogP contribution in [0.25, 0.3) is 10.9 Å². The van der Waals surface area contributed by atoms with E-state index in [2.05, 4.69) is 15.3 Å². The second-order valence-corrected chi connectivity index (χ2v) is 5.94. The smallest absolute Gasteiger partial charge is 0.234 e. The summed E-state index contributed by atoms with van der Waals surface area (Å²) in [6.07, 6.45) is 1.48. The minimum Gasteiger partial charge on any atom is -0.325 e. The summed E-state index contributed by atoms with van der Waals surface area (Å²) in [6, 6.07) is 14.8. The molecule has 110 valence electrons. The molecule has 0 fully saturated rings. The van der Waals surface area contributed by atoms with Gasteiger partial charge < -0.3 is 5.32 Å². The molecule has 1 heterocycles. The van der Waals surface area contributed by atoms with Crippen molar-refractivity contribution in [2.24, 2.45) is 0 Å². The van der Waals surface area contributed by atoms with Crippen molar-refractivity contribution in [3.63, 3.8) is 0 Å². The number of para-hydroxylation sites is 1. The van der Waals surface area contributed by atoms with Gasteiger partial charge in [-0.05, 0) is 30.3 Å². The van der Waals surface area contributed by atoms with E-state index in [1.165, 1.54) is 18.1 Å². The first-order valence-electron chi connectivity index (χ1n) is 6.60. The van der Waals surface area contributed by atoms with Gasteiger partial charge in [0.05, 0.1) is 11.3 Å². The fraction of sp³-hybridized carbons (Fsp3) is 0.0625. The van der Waals surface area contributed by atoms with Crippen LogP contribution < -0.4 is 5.32 Å². The Kier molecular flexibility index (Phi) is 4.56. The molecule has 1 aromatic heterocycles. The van der Waals surface area contributed by atoms with Crippen LogP contribution in [-0.4, -0.2) is 21.6 Å². The van der Waals surface area contributed by atoms with Gasteiger partial charge in [0.2, 0.25) is 5.91 Å². The molecule has 0 unspecified atom stereocenters. The van der Waals surface area contributed by atoms with E-state index in [0.29, 0.717) is 5.02 Å². The van der Waals surface area contributed by atoms with Crippen LogP contribution in [0.2, 0.25) is 5.02 Å². The molecular weight excluding hydrogens is 318 g/mol. The van der Waals surface area contributed by atoms with E-state index in [1.54, 1.807) is 12.1 Å². The summed E-state index contributed by atoms with van der Waals surface area (Å²) in [5.74, 6) is 0.209. The molecule has 0 saturated carbocycles. The van der Waals surface area contributed by atoms with E-state index in [1.807, 2.05) is 36.4 Å². The Bertz CT molecular complexity index is 811. The third kappa shape index (κ3) is 3.55. The van der Waals surface area contributed by atoms with Gasteiger partial charge in [-0.2, -0.15) is 0 Å². The van der Waals surface area contributed by atoms with Crippen LogP contribution in [0.15, 0.2) is 59.9 Å². The Morgan fingerprint density at radius 1 is 1.14 bits per heavy atom. The average Bonchev–Trinajstić information content (AvgIpc) is 2.53. The maximum atomic E-state index is 12.0. The monoisotopic (exact) mass is 329 g/mol. The molecule has 4 nitrogen and oxygen atoms in total. The lowest BCUT2D eigenvalue weighted by Gasteiger charge is -2.06. The molecule has 22 heavy (non-hydrogen) atoms. The topological polar surface area (TPSA) is 54.9 Å². The number of halogens is 1. The summed E-state index contributed by atoms with van der Waals surface area (Å²) >= 11 is 7.33. The number of aromatic nitrogens is 2. The highest BCUT2D eigenvalue weighted by atomic mass is 35.5. The number of thioether (sulfide) groups is 1. The molecule has 3 rings (SSSR count). The summed E-state index contributed by atoms with van der Waals surface area (Å²) in [4.78, 5) is 20.4. The number of rotatable bonds is 4. The molecule has 1 N–H and O–H groups in total. The first-order chi connectivity index (χ1) is 10.7. The van der Waals surface area contributed by atoms with Gasteiger partial charge in [-0.1, -0.05) is 41.6 Å². The summed E-state index contributed by atoms with van der Waals surface area (Å²) < 4.78 is 0. The molecule has 0 atom stereocenters. The summed E-state index contributed by atoms with van der Waals surface area (Å²) in [7, 11) is 0. The van der Waals surface area contributed by atoms with E-state index < -0.39 is 0 Å². The van der Waals surface area contributed by atoms with Crippen LogP contribution in [0, 0.1) is 0 Å². The standard InChI is InChI=1S/C16H12ClN3OS/c17-11-6-7-13-14(8-11)18-10-19-16(13)22-9-15(21)20-12-4-2-1-3-5-12/h1-8,10H,9H2,(H,20,21). The number of hydrogen-bond donors (Lipinski definition) is 1. The molecule has 0 radical (unpaired) electrons. The average molecular weight is 330 g/mol. The largest absolute Gasteiger partial charge is 0.325 e. The van der Waals surface area contributed by atoms with Crippen LogP contribution in [0.4, 0.5) is 5.69 Å². The van der Waals surface area contributed by atoms with Crippen LogP contribution in [-0.2, 0) is 4.79 Å². The number of carbonyl (C=O) groups excluding carboxylic acids is 1. The quantitative estimate of drug-likeness (QED) is 0.580. The lowest BCUT2D eigenvalue weighted by molar-refractivity contribution is -0.113. The Labute approximate surface area is 136 Å². The minimum absolute atomic E-state index is 0.0723. The number of amides is 1. The molecular formula is C16H12ClN3OS. The normalized spacial score (nSPS) is 10.6. The second kappa shape index (κ2) is 6.77. The molecule has 0 aliphatic carbocycles. The van der Waals surface area contributed by atoms with Crippen molar-refractivity contribution in [1.82, 2.24) is 9.97 Å². The number of nitrogens with zero attached hydrogens (tertiary/aromatic N) is 2. The predicted octanol–water partition coefficient (Wildman–Crippen LogP) is 4.01. The Morgan fingerprint density at radius 2 is 1.95 bits per heavy atom. The van der Waals surface area contributed by atoms with Crippen LogP contribution in [0.1, 0.15) is 0 Å². The summed E-state index contributed by atoms with van der Waals surface area (Å²) in [5.41, 5.74) is 1.56. The Hall–Kier alpha value is -2.11. The molecule has 3 aromatic rings. The molecule has 0 bridgehead atoms. The molecule has 6 heteroatoms. The molecule has 1 amide bonds. The van der Waals surface area contributed by atoms with E-state index in [9.17, 15) is 4.79 Å². The van der Waals surface area contributed by atoms with Gasteiger partial charge in [-0.25, -0.2) is 9.97 Å². The first-order valence-corrected chi connectivity index (χ1v) is 7.97. The van der Waals surface area contributed by atoms with Crippen molar-refractivity contribution in [1.29, 1.82) is 0 Å². The number of nitrogens with one attached hydrogen (secondary N) is 1. The number of anilines is 1. The minimum atomic E-state index is -0.0723. The van der Waals surface area contributed by atoms with Crippen molar-refractivity contribution in [3.8, 4) is 0 Å². The van der Waals surface area contributed by atoms with Crippen molar-refractivity contribution >= 4 is 45.9 Å². The van der Waals surface area contributed by atoms with Crippen LogP contribution in [0.3, 0.4) is 0 Å². The van der Waals surface area contributed by atoms with Gasteiger partial charge >= 0.3 is 0 Å². The fourth-order valence-electron chi connectivity index (χ4n) is 1.97. The SMILES string of the molecule is O=C(CSc1ncnc2cc(Cl)ccc12)Nc1ccccc1. The van der Waals surface area contributed by atoms with Gasteiger partial charge in [0.25, 0.3) is 0 Å². The first kappa shape index (κ1) is 14.8. The van der Waals surface area contributed by atoms with Crippen molar-refractivity contribution in [2.75, 3.05) is 11.1 Å². The lowest BCUT2D eigenvalue weighted by Crippen LogP contribution is -2.14. The van der Waals surface area contributed by atoms with E-state index >= 15 is 0 Å². The fourth-order valence-corrected chi connectivity index (χ4v) is 2.93. The van der Waals surface area contributed by atoms with E-state index in [0.717, 1.165) is 21.6 Å². The van der Waals surface area contributed by atoms with E-state index in [4.69, 9.17) is 11.6 Å². The molecule has 0 aliphatic rings. The molecule has 2 aromatic carbocycles. The van der Waals surface area contributed by atoms with Crippen molar-refractivity contribution < 1.29 is 4.79 Å². The van der Waals surface area contributed by atoms with Gasteiger partial charge in [-0.15, -0.1) is 0 Å². The number of hydrogen-bond acceptors (Lipinski definition) is 4. The van der Waals surface area contributed by atoms with Gasteiger partial charge in [0, 0.05) is 16.1 Å². The van der Waals surface area contributed by atoms with Crippen LogP contribution >= 0.6 is 23.4 Å². The number of carbonyl (C=O) groups is 1. The van der Waals surface area contributed by atoms with Crippen molar-refractivity contribution in [3.05, 3.63) is 59.9 Å². The maximum absolute atomic E-state index is 12.0. The highest BCUT2D eigenvalue weighted by molar-refractivity contribution is 8.00. The third-order valence-corrected chi connectivity index (χ3v) is 4.20. The lowest BCUT2D eigenvalue weighted by atomic mass is 10.2. The summed E-state index contributed by atoms with van der Waals surface area (Å²) in [6.45, 7) is 0. The third-order valence-electron chi connectivity index (χ3n) is 2.96. The zero-order valence-corrected chi connectivity index (χ0v) is 13.1. The summed E-state index contributed by atoms with van der Waals surface area (Å²) in [5, 5.41) is 5.14. The second-order valence-electron chi connectivity index (χ2n) is 4.54.